The van der Waals surface area contributed by atoms with Gasteiger partial charge in [-0.05, 0) is 38.8 Å². The number of ether oxygens (including phenoxy) is 1. The van der Waals surface area contributed by atoms with E-state index in [1.165, 1.54) is 0 Å². The van der Waals surface area contributed by atoms with Crippen LogP contribution in [0.15, 0.2) is 34.8 Å². The molecule has 0 radical (unpaired) electrons. The van der Waals surface area contributed by atoms with Crippen LogP contribution < -0.4 is 0 Å². The summed E-state index contributed by atoms with van der Waals surface area (Å²) < 4.78 is 5.79. The molecule has 7 heteroatoms. The van der Waals surface area contributed by atoms with Crippen LogP contribution in [-0.2, 0) is 14.3 Å². The quantitative estimate of drug-likeness (QED) is 0.446. The molecule has 188 valence electrons. The van der Waals surface area contributed by atoms with Gasteiger partial charge < -0.3 is 14.9 Å². The Morgan fingerprint density at radius 3 is 2.53 bits per heavy atom. The third-order valence-electron chi connectivity index (χ3n) is 6.65. The van der Waals surface area contributed by atoms with Crippen LogP contribution in [0.4, 0.5) is 0 Å². The largest absolute Gasteiger partial charge is 0.457 e. The summed E-state index contributed by atoms with van der Waals surface area (Å²) >= 11 is 1.56. The van der Waals surface area contributed by atoms with Crippen LogP contribution in [-0.4, -0.2) is 45.3 Å². The molecule has 2 N–H and O–H groups in total. The van der Waals surface area contributed by atoms with Crippen molar-refractivity contribution in [2.45, 2.75) is 86.0 Å². The number of thiazole rings is 1. The van der Waals surface area contributed by atoms with Gasteiger partial charge in [0, 0.05) is 23.6 Å². The number of aryl methyl sites for hydroxylation is 1. The molecule has 0 saturated heterocycles. The Hall–Kier alpha value is -2.09. The number of cyclic esters (lactones) is 1. The maximum absolute atomic E-state index is 13.1. The number of nitrogens with zero attached hydrogens (tertiary/aromatic N) is 1. The van der Waals surface area contributed by atoms with Gasteiger partial charge >= 0.3 is 5.97 Å². The highest BCUT2D eigenvalue weighted by molar-refractivity contribution is 7.09. The lowest BCUT2D eigenvalue weighted by Gasteiger charge is -2.34. The lowest BCUT2D eigenvalue weighted by atomic mass is 9.73. The van der Waals surface area contributed by atoms with Crippen molar-refractivity contribution in [1.82, 2.24) is 4.98 Å². The number of esters is 1. The Labute approximate surface area is 207 Å². The van der Waals surface area contributed by atoms with Gasteiger partial charge in [0.15, 0.2) is 0 Å². The minimum Gasteiger partial charge on any atom is -0.457 e. The minimum absolute atomic E-state index is 0.225. The molecule has 0 amide bonds. The predicted molar refractivity (Wildman–Crippen MR) is 136 cm³/mol. The average Bonchev–Trinajstić information content (AvgIpc) is 3.18. The molecule has 0 unspecified atom stereocenters. The predicted octanol–water partition coefficient (Wildman–Crippen LogP) is 5.04. The highest BCUT2D eigenvalue weighted by Gasteiger charge is 2.42. The monoisotopic (exact) mass is 489 g/mol. The van der Waals surface area contributed by atoms with E-state index in [-0.39, 0.29) is 18.1 Å². The molecule has 0 spiro atoms. The molecule has 6 nitrogen and oxygen atoms in total. The smallest absolute Gasteiger partial charge is 0.309 e. The Bertz CT molecular complexity index is 958. The summed E-state index contributed by atoms with van der Waals surface area (Å²) in [6.07, 6.45) is 6.13. The second-order valence-electron chi connectivity index (χ2n) is 10.0. The van der Waals surface area contributed by atoms with Crippen molar-refractivity contribution in [1.29, 1.82) is 0 Å². The van der Waals surface area contributed by atoms with Gasteiger partial charge in [0.1, 0.15) is 11.9 Å². The number of hydrogen-bond donors (Lipinski definition) is 2. The number of hydrogen-bond acceptors (Lipinski definition) is 7. The van der Waals surface area contributed by atoms with Gasteiger partial charge in [-0.2, -0.15) is 0 Å². The zero-order valence-corrected chi connectivity index (χ0v) is 22.2. The molecule has 1 aliphatic heterocycles. The summed E-state index contributed by atoms with van der Waals surface area (Å²) in [5, 5.41) is 24.4. The first kappa shape index (κ1) is 28.1. The lowest BCUT2D eigenvalue weighted by molar-refractivity contribution is -0.154. The number of rotatable bonds is 2. The number of allylic oxidation sites excluding steroid dienone is 2. The number of aliphatic hydroxyl groups excluding tert-OH is 2. The Morgan fingerprint density at radius 1 is 1.24 bits per heavy atom. The van der Waals surface area contributed by atoms with Crippen molar-refractivity contribution < 1.29 is 24.5 Å². The zero-order valence-electron chi connectivity index (χ0n) is 21.4. The highest BCUT2D eigenvalue weighted by Crippen LogP contribution is 2.31. The molecular weight excluding hydrogens is 450 g/mol. The highest BCUT2D eigenvalue weighted by atomic mass is 32.1. The van der Waals surface area contributed by atoms with Crippen molar-refractivity contribution in [3.05, 3.63) is 45.5 Å². The number of aromatic nitrogens is 1. The van der Waals surface area contributed by atoms with Crippen LogP contribution in [0.3, 0.4) is 0 Å². The molecule has 2 heterocycles. The molecule has 5 atom stereocenters. The molecule has 2 rings (SSSR count). The topological polar surface area (TPSA) is 96.7 Å². The molecule has 0 aliphatic carbocycles. The van der Waals surface area contributed by atoms with E-state index in [0.29, 0.717) is 12.8 Å². The average molecular weight is 490 g/mol. The Balaban J connectivity index is 2.37. The summed E-state index contributed by atoms with van der Waals surface area (Å²) in [6.45, 7) is 12.6. The lowest BCUT2D eigenvalue weighted by Crippen LogP contribution is -2.45. The van der Waals surface area contributed by atoms with Crippen molar-refractivity contribution in [3.63, 3.8) is 0 Å². The summed E-state index contributed by atoms with van der Waals surface area (Å²) in [5.74, 6) is -1.77. The summed E-state index contributed by atoms with van der Waals surface area (Å²) in [5.41, 5.74) is 1.57. The van der Waals surface area contributed by atoms with Gasteiger partial charge in [0.2, 0.25) is 0 Å². The zero-order chi connectivity index (χ0) is 25.6. The van der Waals surface area contributed by atoms with Crippen LogP contribution in [0, 0.1) is 24.2 Å². The van der Waals surface area contributed by atoms with Crippen molar-refractivity contribution in [3.8, 4) is 0 Å². The number of Topliss-reactive ketones (excluding diaryl/α,β-unsaturated/α-hetero) is 1. The van der Waals surface area contributed by atoms with E-state index in [0.717, 1.165) is 21.8 Å². The summed E-state index contributed by atoms with van der Waals surface area (Å²) in [4.78, 5) is 30.4. The SMILES string of the molecule is CC(=Cc1csc(C)n1)[C@@H]1C/C=C(/C)C/C=C/[C@H](C)[C@H](O)[C@@H](C)C(=O)C(C)(C)[C@@H](O)CC(=O)O1. The molecule has 0 bridgehead atoms. The molecule has 0 saturated carbocycles. The van der Waals surface area contributed by atoms with E-state index in [4.69, 9.17) is 4.74 Å². The van der Waals surface area contributed by atoms with E-state index in [9.17, 15) is 19.8 Å². The summed E-state index contributed by atoms with van der Waals surface area (Å²) in [6, 6.07) is 0. The fraction of sp³-hybridized carbons (Fsp3) is 0.593. The molecule has 0 aromatic carbocycles. The first-order valence-electron chi connectivity index (χ1n) is 11.9. The molecule has 1 aromatic rings. The molecule has 34 heavy (non-hydrogen) atoms. The molecular formula is C27H39NO5S. The third-order valence-corrected chi connectivity index (χ3v) is 7.44. The number of carbonyl (C=O) groups excluding carboxylic acids is 2. The maximum atomic E-state index is 13.1. The van der Waals surface area contributed by atoms with Crippen LogP contribution in [0.2, 0.25) is 0 Å². The summed E-state index contributed by atoms with van der Waals surface area (Å²) in [7, 11) is 0. The van der Waals surface area contributed by atoms with Crippen LogP contribution in [0.25, 0.3) is 6.08 Å². The van der Waals surface area contributed by atoms with Gasteiger partial charge in [-0.25, -0.2) is 4.98 Å². The van der Waals surface area contributed by atoms with Crippen LogP contribution in [0.1, 0.15) is 71.5 Å². The van der Waals surface area contributed by atoms with Gasteiger partial charge in [-0.1, -0.05) is 51.5 Å². The minimum atomic E-state index is -1.23. The van der Waals surface area contributed by atoms with E-state index >= 15 is 0 Å². The van der Waals surface area contributed by atoms with E-state index < -0.39 is 35.6 Å². The molecule has 1 aliphatic rings. The number of carbonyl (C=O) groups is 2. The second-order valence-corrected chi connectivity index (χ2v) is 11.1. The van der Waals surface area contributed by atoms with Gasteiger partial charge in [0.05, 0.1) is 34.7 Å². The molecule has 1 aromatic heterocycles. The third kappa shape index (κ3) is 7.45. The fourth-order valence-electron chi connectivity index (χ4n) is 4.05. The van der Waals surface area contributed by atoms with Gasteiger partial charge in [-0.3, -0.25) is 9.59 Å². The normalized spacial score (nSPS) is 32.6. The Kier molecular flexibility index (Phi) is 9.97. The molecule has 0 fully saturated rings. The first-order valence-corrected chi connectivity index (χ1v) is 12.7. The second kappa shape index (κ2) is 12.0. The maximum Gasteiger partial charge on any atom is 0.309 e. The standard InChI is InChI=1S/C27H39NO5S/c1-16-9-8-10-17(2)25(31)19(4)26(32)27(6,7)23(29)14-24(30)33-22(12-11-16)18(3)13-21-15-34-20(5)28-21/h8,10-11,13,15,17,19,22-23,25,29,31H,9,12,14H2,1-7H3/b10-8+,16-11-,18-13?/t17-,19+,22-,23-,25-/m0/s1. The van der Waals surface area contributed by atoms with Gasteiger partial charge in [0.25, 0.3) is 0 Å². The van der Waals surface area contributed by atoms with E-state index in [1.54, 1.807) is 32.1 Å². The Morgan fingerprint density at radius 2 is 1.91 bits per heavy atom. The van der Waals surface area contributed by atoms with Crippen molar-refractivity contribution >= 4 is 29.2 Å². The first-order chi connectivity index (χ1) is 15.8. The van der Waals surface area contributed by atoms with Gasteiger partial charge in [-0.15, -0.1) is 11.3 Å². The number of aliphatic hydroxyl groups is 2. The number of ketones is 1. The van der Waals surface area contributed by atoms with Crippen molar-refractivity contribution in [2.24, 2.45) is 17.3 Å². The fourth-order valence-corrected chi connectivity index (χ4v) is 4.62. The van der Waals surface area contributed by atoms with Crippen LogP contribution >= 0.6 is 11.3 Å². The van der Waals surface area contributed by atoms with Crippen molar-refractivity contribution in [2.75, 3.05) is 0 Å². The van der Waals surface area contributed by atoms with E-state index in [2.05, 4.69) is 4.98 Å². The van der Waals surface area contributed by atoms with E-state index in [1.807, 2.05) is 57.4 Å². The van der Waals surface area contributed by atoms with Crippen LogP contribution in [0.5, 0.6) is 0 Å².